The molecule has 0 unspecified atom stereocenters. The molecule has 2 aromatic carbocycles. The van der Waals surface area contributed by atoms with Crippen molar-refractivity contribution >= 4 is 5.84 Å². The van der Waals surface area contributed by atoms with Crippen molar-refractivity contribution in [2.45, 2.75) is 32.8 Å². The van der Waals surface area contributed by atoms with E-state index in [0.29, 0.717) is 6.61 Å². The molecule has 1 aliphatic rings. The summed E-state index contributed by atoms with van der Waals surface area (Å²) in [6, 6.07) is 16.8. The fourth-order valence-electron chi connectivity index (χ4n) is 2.57. The number of nitrogens with zero attached hydrogens (tertiary/aromatic N) is 1. The molecule has 1 heterocycles. The van der Waals surface area contributed by atoms with Gasteiger partial charge in [0.2, 0.25) is 0 Å². The van der Waals surface area contributed by atoms with Crippen LogP contribution < -0.4 is 10.1 Å². The van der Waals surface area contributed by atoms with E-state index in [9.17, 15) is 0 Å². The molecule has 23 heavy (non-hydrogen) atoms. The van der Waals surface area contributed by atoms with Crippen LogP contribution in [0.2, 0.25) is 0 Å². The van der Waals surface area contributed by atoms with Crippen LogP contribution in [-0.4, -0.2) is 18.9 Å². The van der Waals surface area contributed by atoms with E-state index in [-0.39, 0.29) is 5.41 Å². The highest BCUT2D eigenvalue weighted by molar-refractivity contribution is 5.99. The third-order valence-corrected chi connectivity index (χ3v) is 4.03. The molecule has 0 fully saturated rings. The van der Waals surface area contributed by atoms with Crippen LogP contribution in [-0.2, 0) is 12.0 Å². The molecule has 0 bridgehead atoms. The van der Waals surface area contributed by atoms with Crippen LogP contribution in [0.15, 0.2) is 53.5 Å². The van der Waals surface area contributed by atoms with Crippen molar-refractivity contribution in [2.75, 3.05) is 13.1 Å². The second kappa shape index (κ2) is 6.45. The van der Waals surface area contributed by atoms with Crippen LogP contribution in [0.25, 0.3) is 0 Å². The van der Waals surface area contributed by atoms with Gasteiger partial charge in [-0.1, -0.05) is 57.2 Å². The van der Waals surface area contributed by atoms with Crippen LogP contribution in [0, 0.1) is 0 Å². The Labute approximate surface area is 138 Å². The number of benzene rings is 2. The maximum absolute atomic E-state index is 5.88. The van der Waals surface area contributed by atoms with Gasteiger partial charge in [-0.25, -0.2) is 0 Å². The molecule has 3 heteroatoms. The minimum Gasteiger partial charge on any atom is -0.489 e. The average molecular weight is 308 g/mol. The van der Waals surface area contributed by atoms with Crippen LogP contribution in [0.5, 0.6) is 5.75 Å². The summed E-state index contributed by atoms with van der Waals surface area (Å²) in [6.07, 6.45) is 0. The van der Waals surface area contributed by atoms with Gasteiger partial charge >= 0.3 is 0 Å². The van der Waals surface area contributed by atoms with Gasteiger partial charge in [0.05, 0.1) is 6.54 Å². The van der Waals surface area contributed by atoms with E-state index in [1.54, 1.807) is 0 Å². The Morgan fingerprint density at radius 1 is 1.00 bits per heavy atom. The van der Waals surface area contributed by atoms with Gasteiger partial charge in [0.15, 0.2) is 0 Å². The summed E-state index contributed by atoms with van der Waals surface area (Å²) in [5.41, 5.74) is 3.79. The Morgan fingerprint density at radius 3 is 2.26 bits per heavy atom. The molecule has 3 rings (SSSR count). The van der Waals surface area contributed by atoms with Crippen LogP contribution >= 0.6 is 0 Å². The van der Waals surface area contributed by atoms with Crippen molar-refractivity contribution in [1.29, 1.82) is 0 Å². The van der Waals surface area contributed by atoms with Crippen molar-refractivity contribution in [1.82, 2.24) is 5.32 Å². The normalized spacial score (nSPS) is 14.3. The van der Waals surface area contributed by atoms with Crippen LogP contribution in [0.1, 0.15) is 37.5 Å². The monoisotopic (exact) mass is 308 g/mol. The molecule has 3 nitrogen and oxygen atoms in total. The molecule has 1 N–H and O–H groups in total. The Hall–Kier alpha value is -2.29. The zero-order valence-electron chi connectivity index (χ0n) is 14.1. The van der Waals surface area contributed by atoms with Crippen molar-refractivity contribution in [3.63, 3.8) is 0 Å². The summed E-state index contributed by atoms with van der Waals surface area (Å²) >= 11 is 0. The molecule has 0 amide bonds. The molecule has 0 saturated carbocycles. The van der Waals surface area contributed by atoms with Crippen molar-refractivity contribution < 1.29 is 4.74 Å². The third-order valence-electron chi connectivity index (χ3n) is 4.03. The number of hydrogen-bond acceptors (Lipinski definition) is 3. The standard InChI is InChI=1S/C20H24N2O/c1-20(2,3)17-8-10-18(11-9-17)23-14-15-4-6-16(7-5-15)19-21-12-13-22-19/h4-11H,12-14H2,1-3H3,(H,21,22). The molecule has 0 spiro atoms. The lowest BCUT2D eigenvalue weighted by Gasteiger charge is -2.19. The number of aliphatic imine (C=N–C) groups is 1. The summed E-state index contributed by atoms with van der Waals surface area (Å²) in [5.74, 6) is 1.90. The van der Waals surface area contributed by atoms with E-state index in [2.05, 4.69) is 67.5 Å². The molecule has 0 radical (unpaired) electrons. The first-order valence-corrected chi connectivity index (χ1v) is 8.13. The van der Waals surface area contributed by atoms with Gasteiger partial charge in [-0.3, -0.25) is 4.99 Å². The van der Waals surface area contributed by atoms with Gasteiger partial charge in [-0.2, -0.15) is 0 Å². The summed E-state index contributed by atoms with van der Waals surface area (Å²) < 4.78 is 5.88. The number of nitrogens with one attached hydrogen (secondary N) is 1. The van der Waals surface area contributed by atoms with Gasteiger partial charge < -0.3 is 10.1 Å². The predicted molar refractivity (Wildman–Crippen MR) is 95.3 cm³/mol. The van der Waals surface area contributed by atoms with Crippen molar-refractivity contribution in [2.24, 2.45) is 4.99 Å². The number of hydrogen-bond donors (Lipinski definition) is 1. The maximum Gasteiger partial charge on any atom is 0.128 e. The first kappa shape index (κ1) is 15.6. The minimum absolute atomic E-state index is 0.172. The topological polar surface area (TPSA) is 33.6 Å². The Morgan fingerprint density at radius 2 is 1.70 bits per heavy atom. The maximum atomic E-state index is 5.88. The van der Waals surface area contributed by atoms with E-state index < -0.39 is 0 Å². The molecule has 0 aliphatic carbocycles. The Kier molecular flexibility index (Phi) is 4.37. The summed E-state index contributed by atoms with van der Waals surface area (Å²) in [7, 11) is 0. The smallest absolute Gasteiger partial charge is 0.128 e. The van der Waals surface area contributed by atoms with Crippen LogP contribution in [0.4, 0.5) is 0 Å². The summed E-state index contributed by atoms with van der Waals surface area (Å²) in [4.78, 5) is 4.43. The lowest BCUT2D eigenvalue weighted by Crippen LogP contribution is -2.19. The largest absolute Gasteiger partial charge is 0.489 e. The van der Waals surface area contributed by atoms with Gasteiger partial charge in [-0.15, -0.1) is 0 Å². The number of ether oxygens (including phenoxy) is 1. The lowest BCUT2D eigenvalue weighted by molar-refractivity contribution is 0.306. The highest BCUT2D eigenvalue weighted by Gasteiger charge is 2.13. The SMILES string of the molecule is CC(C)(C)c1ccc(OCc2ccc(C3=NCCN3)cc2)cc1. The van der Waals surface area contributed by atoms with Crippen LogP contribution in [0.3, 0.4) is 0 Å². The zero-order chi connectivity index (χ0) is 16.3. The molecular weight excluding hydrogens is 284 g/mol. The molecule has 1 aliphatic heterocycles. The second-order valence-corrected chi connectivity index (χ2v) is 6.92. The number of amidine groups is 1. The van der Waals surface area contributed by atoms with Crippen molar-refractivity contribution in [3.8, 4) is 5.75 Å². The first-order valence-electron chi connectivity index (χ1n) is 8.13. The van der Waals surface area contributed by atoms with Gasteiger partial charge in [-0.05, 0) is 28.7 Å². The highest BCUT2D eigenvalue weighted by atomic mass is 16.5. The molecule has 0 saturated heterocycles. The summed E-state index contributed by atoms with van der Waals surface area (Å²) in [5, 5.41) is 3.29. The van der Waals surface area contributed by atoms with E-state index in [0.717, 1.165) is 35.8 Å². The molecule has 120 valence electrons. The molecule has 0 aromatic heterocycles. The lowest BCUT2D eigenvalue weighted by atomic mass is 9.87. The van der Waals surface area contributed by atoms with Gasteiger partial charge in [0.1, 0.15) is 18.2 Å². The van der Waals surface area contributed by atoms with Gasteiger partial charge in [0, 0.05) is 12.1 Å². The Bertz CT molecular complexity index is 679. The minimum atomic E-state index is 0.172. The number of rotatable bonds is 4. The van der Waals surface area contributed by atoms with E-state index >= 15 is 0 Å². The quantitative estimate of drug-likeness (QED) is 0.929. The fraction of sp³-hybridized carbons (Fsp3) is 0.350. The molecular formula is C20H24N2O. The van der Waals surface area contributed by atoms with Crippen molar-refractivity contribution in [3.05, 3.63) is 65.2 Å². The third kappa shape index (κ3) is 3.92. The molecule has 0 atom stereocenters. The molecule has 2 aromatic rings. The fourth-order valence-corrected chi connectivity index (χ4v) is 2.57. The highest BCUT2D eigenvalue weighted by Crippen LogP contribution is 2.24. The average Bonchev–Trinajstić information content (AvgIpc) is 3.07. The van der Waals surface area contributed by atoms with Gasteiger partial charge in [0.25, 0.3) is 0 Å². The van der Waals surface area contributed by atoms with E-state index in [1.165, 1.54) is 5.56 Å². The van der Waals surface area contributed by atoms with E-state index in [4.69, 9.17) is 4.74 Å². The van der Waals surface area contributed by atoms with E-state index in [1.807, 2.05) is 12.1 Å². The summed E-state index contributed by atoms with van der Waals surface area (Å²) in [6.45, 7) is 9.03. The Balaban J connectivity index is 1.60. The first-order chi connectivity index (χ1) is 11.0. The second-order valence-electron chi connectivity index (χ2n) is 6.92. The predicted octanol–water partition coefficient (Wildman–Crippen LogP) is 3.91. The zero-order valence-corrected chi connectivity index (χ0v) is 14.1.